The highest BCUT2D eigenvalue weighted by atomic mass is 19.4. The molecule has 2 atom stereocenters. The van der Waals surface area contributed by atoms with Crippen LogP contribution in [-0.2, 0) is 16.0 Å². The zero-order valence-electron chi connectivity index (χ0n) is 24.2. The maximum atomic E-state index is 13.2. The average molecular weight is 583 g/mol. The first-order valence-corrected chi connectivity index (χ1v) is 14.4. The number of benzene rings is 2. The molecule has 1 saturated heterocycles. The van der Waals surface area contributed by atoms with Crippen molar-refractivity contribution in [1.82, 2.24) is 14.9 Å². The number of nitrogens with one attached hydrogen (secondary N) is 1. The monoisotopic (exact) mass is 582 g/mol. The second kappa shape index (κ2) is 13.8. The summed E-state index contributed by atoms with van der Waals surface area (Å²) in [5, 5.41) is 3.25. The lowest BCUT2D eigenvalue weighted by Crippen LogP contribution is -2.42. The Bertz CT molecular complexity index is 1360. The molecule has 1 amide bonds. The number of aromatic nitrogens is 2. The smallest absolute Gasteiger partial charge is 0.389 e. The van der Waals surface area contributed by atoms with Gasteiger partial charge in [-0.15, -0.1) is 0 Å². The quantitative estimate of drug-likeness (QED) is 0.261. The molecule has 4 rings (SSSR count). The highest BCUT2D eigenvalue weighted by molar-refractivity contribution is 5.95. The number of anilines is 1. The second-order valence-corrected chi connectivity index (χ2v) is 10.6. The van der Waals surface area contributed by atoms with Crippen molar-refractivity contribution in [3.63, 3.8) is 0 Å². The van der Waals surface area contributed by atoms with Gasteiger partial charge in [-0.2, -0.15) is 13.2 Å². The van der Waals surface area contributed by atoms with E-state index < -0.39 is 18.6 Å². The van der Waals surface area contributed by atoms with Gasteiger partial charge in [0.05, 0.1) is 18.6 Å². The van der Waals surface area contributed by atoms with Gasteiger partial charge in [-0.05, 0) is 86.6 Å². The van der Waals surface area contributed by atoms with Gasteiger partial charge < -0.3 is 15.0 Å². The van der Waals surface area contributed by atoms with Crippen LogP contribution in [0.25, 0.3) is 11.4 Å². The summed E-state index contributed by atoms with van der Waals surface area (Å²) in [6.45, 7) is 6.80. The number of rotatable bonds is 10. The van der Waals surface area contributed by atoms with Crippen LogP contribution in [0.2, 0.25) is 0 Å². The van der Waals surface area contributed by atoms with Crippen LogP contribution in [0.5, 0.6) is 0 Å². The van der Waals surface area contributed by atoms with E-state index in [1.165, 1.54) is 0 Å². The minimum atomic E-state index is -4.30. The molecule has 0 radical (unpaired) electrons. The molecule has 7 nitrogen and oxygen atoms in total. The third kappa shape index (κ3) is 8.08. The van der Waals surface area contributed by atoms with E-state index in [0.29, 0.717) is 49.6 Å². The fourth-order valence-electron chi connectivity index (χ4n) is 5.21. The molecule has 1 fully saturated rings. The SMILES string of the molecule is CCOC(=O)[C@@H]1CCCN(C(=O)c2ccc(NC(CCC(F)(F)F)c3ccc(-c4ncc(CC)cn4)cc3C)cc2)C1. The highest BCUT2D eigenvalue weighted by Gasteiger charge is 2.31. The highest BCUT2D eigenvalue weighted by Crippen LogP contribution is 2.33. The lowest BCUT2D eigenvalue weighted by atomic mass is 9.95. The number of piperidine rings is 1. The van der Waals surface area contributed by atoms with E-state index in [9.17, 15) is 22.8 Å². The number of alkyl halides is 3. The molecule has 1 N–H and O–H groups in total. The van der Waals surface area contributed by atoms with Crippen LogP contribution >= 0.6 is 0 Å². The molecule has 2 heterocycles. The van der Waals surface area contributed by atoms with E-state index in [4.69, 9.17) is 4.74 Å². The Kier molecular flexibility index (Phi) is 10.2. The van der Waals surface area contributed by atoms with Crippen molar-refractivity contribution in [2.75, 3.05) is 25.0 Å². The van der Waals surface area contributed by atoms with Crippen molar-refractivity contribution >= 4 is 17.6 Å². The Hall–Kier alpha value is -3.95. The fourth-order valence-corrected chi connectivity index (χ4v) is 5.21. The van der Waals surface area contributed by atoms with Gasteiger partial charge in [-0.25, -0.2) is 9.97 Å². The maximum Gasteiger partial charge on any atom is 0.389 e. The predicted octanol–water partition coefficient (Wildman–Crippen LogP) is 6.93. The third-order valence-electron chi connectivity index (χ3n) is 7.53. The third-order valence-corrected chi connectivity index (χ3v) is 7.53. The summed E-state index contributed by atoms with van der Waals surface area (Å²) >= 11 is 0. The van der Waals surface area contributed by atoms with Gasteiger partial charge in [0.15, 0.2) is 5.82 Å². The number of aryl methyl sites for hydroxylation is 2. The van der Waals surface area contributed by atoms with Gasteiger partial charge in [0.25, 0.3) is 5.91 Å². The van der Waals surface area contributed by atoms with Crippen LogP contribution in [0.3, 0.4) is 0 Å². The minimum Gasteiger partial charge on any atom is -0.466 e. The predicted molar refractivity (Wildman–Crippen MR) is 155 cm³/mol. The molecule has 2 aromatic carbocycles. The minimum absolute atomic E-state index is 0.158. The van der Waals surface area contributed by atoms with Crippen LogP contribution < -0.4 is 5.32 Å². The lowest BCUT2D eigenvalue weighted by molar-refractivity contribution is -0.149. The number of nitrogens with zero attached hydrogens (tertiary/aromatic N) is 3. The molecular formula is C32H37F3N4O3. The van der Waals surface area contributed by atoms with Gasteiger partial charge >= 0.3 is 12.1 Å². The summed E-state index contributed by atoms with van der Waals surface area (Å²) in [4.78, 5) is 35.8. The molecule has 0 aliphatic carbocycles. The Morgan fingerprint density at radius 2 is 1.81 bits per heavy atom. The van der Waals surface area contributed by atoms with Crippen LogP contribution in [0.15, 0.2) is 54.9 Å². The molecule has 3 aromatic rings. The number of likely N-dealkylation sites (tertiary alicyclic amines) is 1. The molecule has 1 aliphatic rings. The summed E-state index contributed by atoms with van der Waals surface area (Å²) in [6, 6.07) is 11.7. The molecule has 1 aromatic heterocycles. The van der Waals surface area contributed by atoms with Gasteiger partial charge in [0.2, 0.25) is 0 Å². The van der Waals surface area contributed by atoms with E-state index in [1.807, 2.05) is 32.0 Å². The summed E-state index contributed by atoms with van der Waals surface area (Å²) in [5.41, 5.74) is 4.43. The van der Waals surface area contributed by atoms with E-state index >= 15 is 0 Å². The number of hydrogen-bond donors (Lipinski definition) is 1. The first-order chi connectivity index (χ1) is 20.1. The Morgan fingerprint density at radius 1 is 1.10 bits per heavy atom. The molecule has 1 unspecified atom stereocenters. The fraction of sp³-hybridized carbons (Fsp3) is 0.438. The Morgan fingerprint density at radius 3 is 2.43 bits per heavy atom. The molecule has 0 spiro atoms. The van der Waals surface area contributed by atoms with Gasteiger partial charge in [0.1, 0.15) is 0 Å². The zero-order valence-corrected chi connectivity index (χ0v) is 24.2. The molecule has 0 bridgehead atoms. The molecule has 0 saturated carbocycles. The maximum absolute atomic E-state index is 13.2. The topological polar surface area (TPSA) is 84.4 Å². The van der Waals surface area contributed by atoms with Crippen molar-refractivity contribution in [2.45, 2.75) is 65.1 Å². The number of carbonyl (C=O) groups is 2. The van der Waals surface area contributed by atoms with Crippen molar-refractivity contribution in [2.24, 2.45) is 5.92 Å². The first-order valence-electron chi connectivity index (χ1n) is 14.4. The first kappa shape index (κ1) is 31.0. The largest absolute Gasteiger partial charge is 0.466 e. The number of ether oxygens (including phenoxy) is 1. The molecule has 42 heavy (non-hydrogen) atoms. The standard InChI is InChI=1S/C32H37F3N4O3/c1-4-22-18-36-29(37-19-22)24-10-13-27(21(3)17-24)28(14-15-32(33,34)35)38-26-11-8-23(9-12-26)30(40)39-16-6-7-25(20-39)31(41)42-5-2/h8-13,17-19,25,28,38H,4-7,14-16,20H2,1-3H3/t25-,28?/m1/s1. The van der Waals surface area contributed by atoms with E-state index in [-0.39, 0.29) is 24.2 Å². The summed E-state index contributed by atoms with van der Waals surface area (Å²) in [5.74, 6) is -0.256. The molecule has 10 heteroatoms. The van der Waals surface area contributed by atoms with Crippen molar-refractivity contribution < 1.29 is 27.5 Å². The van der Waals surface area contributed by atoms with Crippen LogP contribution in [0.4, 0.5) is 18.9 Å². The number of hydrogen-bond acceptors (Lipinski definition) is 6. The van der Waals surface area contributed by atoms with Crippen LogP contribution in [0, 0.1) is 12.8 Å². The zero-order chi connectivity index (χ0) is 30.3. The number of esters is 1. The number of carbonyl (C=O) groups excluding carboxylic acids is 2. The number of amides is 1. The second-order valence-electron chi connectivity index (χ2n) is 10.6. The van der Waals surface area contributed by atoms with Gasteiger partial charge in [0, 0.05) is 48.7 Å². The molecule has 224 valence electrons. The molecule has 1 aliphatic heterocycles. The van der Waals surface area contributed by atoms with E-state index in [2.05, 4.69) is 15.3 Å². The van der Waals surface area contributed by atoms with Crippen molar-refractivity contribution in [1.29, 1.82) is 0 Å². The van der Waals surface area contributed by atoms with E-state index in [1.54, 1.807) is 48.5 Å². The summed E-state index contributed by atoms with van der Waals surface area (Å²) < 4.78 is 44.9. The van der Waals surface area contributed by atoms with Crippen molar-refractivity contribution in [3.8, 4) is 11.4 Å². The summed E-state index contributed by atoms with van der Waals surface area (Å²) in [6.07, 6.45) is 0.376. The molecular weight excluding hydrogens is 545 g/mol. The van der Waals surface area contributed by atoms with Crippen LogP contribution in [-0.4, -0.2) is 52.6 Å². The number of halogens is 3. The van der Waals surface area contributed by atoms with Gasteiger partial charge in [-0.3, -0.25) is 9.59 Å². The summed E-state index contributed by atoms with van der Waals surface area (Å²) in [7, 11) is 0. The normalized spacial score (nSPS) is 16.1. The van der Waals surface area contributed by atoms with Crippen molar-refractivity contribution in [3.05, 3.63) is 77.1 Å². The van der Waals surface area contributed by atoms with Crippen LogP contribution in [0.1, 0.15) is 72.6 Å². The Labute approximate surface area is 244 Å². The van der Waals surface area contributed by atoms with Gasteiger partial charge in [-0.1, -0.05) is 19.1 Å². The lowest BCUT2D eigenvalue weighted by Gasteiger charge is -2.31. The van der Waals surface area contributed by atoms with E-state index in [0.717, 1.165) is 28.7 Å². The Balaban J connectivity index is 1.49. The average Bonchev–Trinajstić information content (AvgIpc) is 2.99.